The van der Waals surface area contributed by atoms with E-state index in [-0.39, 0.29) is 24.8 Å². The second-order valence-corrected chi connectivity index (χ2v) is 8.86. The maximum atomic E-state index is 13.3. The van der Waals surface area contributed by atoms with Gasteiger partial charge in [-0.2, -0.15) is 8.42 Å². The fraction of sp³-hybridized carbons (Fsp3) is 0.368. The van der Waals surface area contributed by atoms with Crippen LogP contribution in [0.5, 0.6) is 0 Å². The minimum atomic E-state index is -3.62. The molecule has 2 aromatic carbocycles. The molecule has 3 aliphatic heterocycles. The molecule has 0 aliphatic carbocycles. The van der Waals surface area contributed by atoms with E-state index in [0.717, 1.165) is 31.0 Å². The molecule has 9 heteroatoms. The van der Waals surface area contributed by atoms with Crippen molar-refractivity contribution in [1.29, 1.82) is 0 Å². The molecule has 0 radical (unpaired) electrons. The molecule has 5 rings (SSSR count). The summed E-state index contributed by atoms with van der Waals surface area (Å²) >= 11 is 0. The Balaban J connectivity index is 0.00000112. The topological polar surface area (TPSA) is 55.9 Å². The van der Waals surface area contributed by atoms with Crippen LogP contribution in [-0.2, 0) is 10.2 Å². The molecule has 0 spiro atoms. The third-order valence-electron chi connectivity index (χ3n) is 5.63. The maximum Gasteiger partial charge on any atom is 0.331 e. The lowest BCUT2D eigenvalue weighted by molar-refractivity contribution is 0.233. The summed E-state index contributed by atoms with van der Waals surface area (Å²) in [5.41, 5.74) is 2.16. The normalized spacial score (nSPS) is 24.6. The highest BCUT2D eigenvalue weighted by molar-refractivity contribution is 7.95. The average Bonchev–Trinajstić information content (AvgIpc) is 3.32. The van der Waals surface area contributed by atoms with Crippen LogP contribution in [0.4, 0.5) is 17.1 Å². The van der Waals surface area contributed by atoms with Crippen LogP contribution in [0.3, 0.4) is 0 Å². The number of likely N-dealkylation sites (tertiary alicyclic amines) is 1. The Morgan fingerprint density at radius 1 is 0.929 bits per heavy atom. The molecule has 1 N–H and O–H groups in total. The van der Waals surface area contributed by atoms with Crippen LogP contribution >= 0.6 is 24.8 Å². The van der Waals surface area contributed by atoms with Crippen LogP contribution in [-0.4, -0.2) is 51.6 Å². The van der Waals surface area contributed by atoms with E-state index in [9.17, 15) is 8.42 Å². The lowest BCUT2D eigenvalue weighted by Gasteiger charge is -2.29. The lowest BCUT2D eigenvalue weighted by Crippen LogP contribution is -2.47. The predicted molar refractivity (Wildman–Crippen MR) is 118 cm³/mol. The smallest absolute Gasteiger partial charge is 0.311 e. The van der Waals surface area contributed by atoms with Crippen molar-refractivity contribution in [2.24, 2.45) is 0 Å². The van der Waals surface area contributed by atoms with Gasteiger partial charge < -0.3 is 5.32 Å². The molecule has 2 atom stereocenters. The standard InChI is InChI=1S/C19H22N4O2S.2ClH/c24-26(25)22(11-10-21-14-15-12-17(21)13-20-15)18-8-4-5-9-19(18)23(26)16-6-2-1-3-7-16;;/h1-9,15,17,20H,10-14H2;2*1H. The van der Waals surface area contributed by atoms with Gasteiger partial charge in [0.1, 0.15) is 0 Å². The van der Waals surface area contributed by atoms with Gasteiger partial charge in [0.15, 0.2) is 0 Å². The Hall–Kier alpha value is -1.51. The van der Waals surface area contributed by atoms with E-state index in [2.05, 4.69) is 10.2 Å². The lowest BCUT2D eigenvalue weighted by atomic mass is 10.2. The molecule has 3 aliphatic rings. The van der Waals surface area contributed by atoms with E-state index < -0.39 is 10.2 Å². The SMILES string of the molecule is Cl.Cl.O=S1(=O)N(CCN2CC3CC2CN3)c2ccccc2N1c1ccccc1. The van der Waals surface area contributed by atoms with Crippen molar-refractivity contribution in [1.82, 2.24) is 10.2 Å². The minimum absolute atomic E-state index is 0. The first-order valence-corrected chi connectivity index (χ1v) is 10.5. The van der Waals surface area contributed by atoms with Gasteiger partial charge in [-0.15, -0.1) is 24.8 Å². The molecule has 2 unspecified atom stereocenters. The molecule has 6 nitrogen and oxygen atoms in total. The monoisotopic (exact) mass is 442 g/mol. The van der Waals surface area contributed by atoms with E-state index >= 15 is 0 Å². The van der Waals surface area contributed by atoms with Crippen molar-refractivity contribution < 1.29 is 8.42 Å². The minimum Gasteiger partial charge on any atom is -0.311 e. The number of hydrogen-bond donors (Lipinski definition) is 1. The largest absolute Gasteiger partial charge is 0.331 e. The van der Waals surface area contributed by atoms with Crippen molar-refractivity contribution >= 4 is 52.1 Å². The zero-order chi connectivity index (χ0) is 17.7. The molecule has 3 heterocycles. The van der Waals surface area contributed by atoms with E-state index in [1.807, 2.05) is 54.6 Å². The summed E-state index contributed by atoms with van der Waals surface area (Å²) in [6.45, 7) is 3.28. The first-order valence-electron chi connectivity index (χ1n) is 9.09. The van der Waals surface area contributed by atoms with E-state index in [0.29, 0.717) is 24.3 Å². The molecular weight excluding hydrogens is 419 g/mol. The molecule has 28 heavy (non-hydrogen) atoms. The number of anilines is 3. The quantitative estimate of drug-likeness (QED) is 0.790. The number of halogens is 2. The Bertz CT molecular complexity index is 929. The number of hydrogen-bond acceptors (Lipinski definition) is 4. The predicted octanol–water partition coefficient (Wildman–Crippen LogP) is 2.78. The van der Waals surface area contributed by atoms with Gasteiger partial charge >= 0.3 is 10.2 Å². The highest BCUT2D eigenvalue weighted by Crippen LogP contribution is 2.44. The van der Waals surface area contributed by atoms with Crippen molar-refractivity contribution in [2.75, 3.05) is 34.8 Å². The van der Waals surface area contributed by atoms with Crippen molar-refractivity contribution in [3.63, 3.8) is 0 Å². The van der Waals surface area contributed by atoms with Crippen LogP contribution in [0.1, 0.15) is 6.42 Å². The Morgan fingerprint density at radius 2 is 1.61 bits per heavy atom. The Kier molecular flexibility index (Phi) is 6.12. The summed E-state index contributed by atoms with van der Waals surface area (Å²) in [6, 6.07) is 18.0. The number of piperazine rings is 1. The van der Waals surface area contributed by atoms with Gasteiger partial charge in [0, 0.05) is 38.3 Å². The number of para-hydroxylation sites is 3. The van der Waals surface area contributed by atoms with E-state index in [4.69, 9.17) is 0 Å². The number of rotatable bonds is 4. The Labute approximate surface area is 178 Å². The van der Waals surface area contributed by atoms with Gasteiger partial charge in [0.2, 0.25) is 0 Å². The third-order valence-corrected chi connectivity index (χ3v) is 7.43. The van der Waals surface area contributed by atoms with Crippen LogP contribution < -0.4 is 13.9 Å². The second kappa shape index (κ2) is 8.08. The maximum absolute atomic E-state index is 13.3. The molecule has 2 saturated heterocycles. The average molecular weight is 443 g/mol. The fourth-order valence-corrected chi connectivity index (χ4v) is 6.11. The summed E-state index contributed by atoms with van der Waals surface area (Å²) in [6.07, 6.45) is 1.18. The third kappa shape index (κ3) is 3.35. The number of benzene rings is 2. The Morgan fingerprint density at radius 3 is 2.25 bits per heavy atom. The summed E-state index contributed by atoms with van der Waals surface area (Å²) in [4.78, 5) is 2.42. The molecule has 2 fully saturated rings. The molecule has 0 saturated carbocycles. The van der Waals surface area contributed by atoms with Crippen LogP contribution in [0.15, 0.2) is 54.6 Å². The summed E-state index contributed by atoms with van der Waals surface area (Å²) in [7, 11) is -3.62. The molecule has 0 aromatic heterocycles. The molecule has 2 bridgehead atoms. The van der Waals surface area contributed by atoms with E-state index in [1.54, 1.807) is 4.31 Å². The summed E-state index contributed by atoms with van der Waals surface area (Å²) in [5.74, 6) is 0. The van der Waals surface area contributed by atoms with Gasteiger partial charge in [-0.05, 0) is 30.7 Å². The number of fused-ring (bicyclic) bond motifs is 3. The molecular formula is C19H24Cl2N4O2S. The van der Waals surface area contributed by atoms with Crippen molar-refractivity contribution in [3.8, 4) is 0 Å². The van der Waals surface area contributed by atoms with Gasteiger partial charge in [-0.25, -0.2) is 8.61 Å². The molecule has 2 aromatic rings. The van der Waals surface area contributed by atoms with Crippen LogP contribution in [0, 0.1) is 0 Å². The zero-order valence-electron chi connectivity index (χ0n) is 15.3. The highest BCUT2D eigenvalue weighted by Gasteiger charge is 2.42. The highest BCUT2D eigenvalue weighted by atomic mass is 35.5. The van der Waals surface area contributed by atoms with Crippen molar-refractivity contribution in [3.05, 3.63) is 54.6 Å². The first-order chi connectivity index (χ1) is 12.6. The summed E-state index contributed by atoms with van der Waals surface area (Å²) in [5, 5.41) is 3.49. The van der Waals surface area contributed by atoms with Crippen LogP contribution in [0.2, 0.25) is 0 Å². The van der Waals surface area contributed by atoms with Gasteiger partial charge in [-0.3, -0.25) is 4.90 Å². The first kappa shape index (κ1) is 21.2. The molecule has 152 valence electrons. The van der Waals surface area contributed by atoms with Gasteiger partial charge in [0.05, 0.1) is 17.1 Å². The number of nitrogens with one attached hydrogen (secondary N) is 1. The van der Waals surface area contributed by atoms with Crippen LogP contribution in [0.25, 0.3) is 0 Å². The van der Waals surface area contributed by atoms with E-state index in [1.165, 1.54) is 10.7 Å². The zero-order valence-corrected chi connectivity index (χ0v) is 17.7. The summed E-state index contributed by atoms with van der Waals surface area (Å²) < 4.78 is 29.7. The molecule has 0 amide bonds. The second-order valence-electron chi connectivity index (χ2n) is 7.16. The van der Waals surface area contributed by atoms with Gasteiger partial charge in [-0.1, -0.05) is 30.3 Å². The van der Waals surface area contributed by atoms with Gasteiger partial charge in [0.25, 0.3) is 0 Å². The number of nitrogens with zero attached hydrogens (tertiary/aromatic N) is 3. The fourth-order valence-electron chi connectivity index (χ4n) is 4.41. The van der Waals surface area contributed by atoms with Crippen molar-refractivity contribution in [2.45, 2.75) is 18.5 Å².